The van der Waals surface area contributed by atoms with Gasteiger partial charge in [0.05, 0.1) is 19.1 Å². The van der Waals surface area contributed by atoms with Crippen LogP contribution in [0.2, 0.25) is 0 Å². The fourth-order valence-electron chi connectivity index (χ4n) is 2.02. The number of methoxy groups -OCH3 is 1. The van der Waals surface area contributed by atoms with E-state index in [9.17, 15) is 22.8 Å². The molecule has 0 N–H and O–H groups in total. The maximum Gasteiger partial charge on any atom is 0.416 e. The second kappa shape index (κ2) is 7.99. The third kappa shape index (κ3) is 5.26. The topological polar surface area (TPSA) is 46.6 Å². The maximum absolute atomic E-state index is 12.6. The van der Waals surface area contributed by atoms with Crippen molar-refractivity contribution >= 4 is 11.9 Å². The molecule has 1 unspecified atom stereocenters. The Bertz CT molecular complexity index is 540. The molecule has 1 aromatic rings. The van der Waals surface area contributed by atoms with Gasteiger partial charge in [-0.3, -0.25) is 9.59 Å². The van der Waals surface area contributed by atoms with E-state index in [2.05, 4.69) is 4.74 Å². The standard InChI is InChI=1S/C16H20F3NO3/c1-4-11(2)20(10-9-14(21)23-3)15(22)12-5-7-13(8-6-12)16(17,18)19/h5-8,11H,4,9-10H2,1-3H3. The maximum atomic E-state index is 12.6. The average Bonchev–Trinajstić information content (AvgIpc) is 2.53. The lowest BCUT2D eigenvalue weighted by Gasteiger charge is -2.28. The Morgan fingerprint density at radius 3 is 2.22 bits per heavy atom. The van der Waals surface area contributed by atoms with Crippen LogP contribution in [0, 0.1) is 0 Å². The van der Waals surface area contributed by atoms with Crippen LogP contribution in [0.15, 0.2) is 24.3 Å². The molecular formula is C16H20F3NO3. The molecule has 0 heterocycles. The molecule has 0 aliphatic carbocycles. The van der Waals surface area contributed by atoms with Gasteiger partial charge in [0.1, 0.15) is 0 Å². The van der Waals surface area contributed by atoms with Gasteiger partial charge in [0.2, 0.25) is 0 Å². The molecule has 0 saturated heterocycles. The second-order valence-electron chi connectivity index (χ2n) is 5.16. The molecule has 0 radical (unpaired) electrons. The molecule has 0 bridgehead atoms. The first-order chi connectivity index (χ1) is 10.7. The van der Waals surface area contributed by atoms with Crippen LogP contribution >= 0.6 is 0 Å². The molecule has 0 aliphatic heterocycles. The minimum atomic E-state index is -4.44. The molecule has 1 aromatic carbocycles. The summed E-state index contributed by atoms with van der Waals surface area (Å²) in [6.07, 6.45) is -3.75. The monoisotopic (exact) mass is 331 g/mol. The number of alkyl halides is 3. The molecule has 0 aliphatic rings. The van der Waals surface area contributed by atoms with Crippen LogP contribution < -0.4 is 0 Å². The molecule has 0 saturated carbocycles. The van der Waals surface area contributed by atoms with Crippen molar-refractivity contribution in [2.45, 2.75) is 38.9 Å². The highest BCUT2D eigenvalue weighted by Crippen LogP contribution is 2.29. The zero-order chi connectivity index (χ0) is 17.6. The van der Waals surface area contributed by atoms with E-state index in [-0.39, 0.29) is 24.6 Å². The number of carbonyl (C=O) groups is 2. The number of carbonyl (C=O) groups excluding carboxylic acids is 2. The summed E-state index contributed by atoms with van der Waals surface area (Å²) < 4.78 is 42.2. The van der Waals surface area contributed by atoms with Crippen LogP contribution in [-0.4, -0.2) is 36.5 Å². The van der Waals surface area contributed by atoms with Gasteiger partial charge in [-0.15, -0.1) is 0 Å². The minimum Gasteiger partial charge on any atom is -0.469 e. The molecule has 23 heavy (non-hydrogen) atoms. The van der Waals surface area contributed by atoms with E-state index in [1.165, 1.54) is 12.0 Å². The summed E-state index contributed by atoms with van der Waals surface area (Å²) in [6, 6.07) is 3.91. The predicted octanol–water partition coefficient (Wildman–Crippen LogP) is 3.51. The van der Waals surface area contributed by atoms with E-state index < -0.39 is 23.6 Å². The average molecular weight is 331 g/mol. The first-order valence-corrected chi connectivity index (χ1v) is 7.25. The predicted molar refractivity (Wildman–Crippen MR) is 78.9 cm³/mol. The molecular weight excluding hydrogens is 311 g/mol. The van der Waals surface area contributed by atoms with Crippen LogP contribution in [0.4, 0.5) is 13.2 Å². The van der Waals surface area contributed by atoms with Crippen LogP contribution in [-0.2, 0) is 15.7 Å². The number of hydrogen-bond acceptors (Lipinski definition) is 3. The lowest BCUT2D eigenvalue weighted by atomic mass is 10.1. The second-order valence-corrected chi connectivity index (χ2v) is 5.16. The summed E-state index contributed by atoms with van der Waals surface area (Å²) in [4.78, 5) is 25.2. The zero-order valence-electron chi connectivity index (χ0n) is 13.3. The van der Waals surface area contributed by atoms with Crippen molar-refractivity contribution in [2.75, 3.05) is 13.7 Å². The van der Waals surface area contributed by atoms with Gasteiger partial charge in [0.15, 0.2) is 0 Å². The molecule has 0 aromatic heterocycles. The van der Waals surface area contributed by atoms with Crippen molar-refractivity contribution in [3.63, 3.8) is 0 Å². The SMILES string of the molecule is CCC(C)N(CCC(=O)OC)C(=O)c1ccc(C(F)(F)F)cc1. The normalized spacial score (nSPS) is 12.6. The van der Waals surface area contributed by atoms with Crippen molar-refractivity contribution in [1.29, 1.82) is 0 Å². The summed E-state index contributed by atoms with van der Waals surface area (Å²) in [7, 11) is 1.26. The van der Waals surface area contributed by atoms with Gasteiger partial charge in [0.25, 0.3) is 5.91 Å². The minimum absolute atomic E-state index is 0.0349. The van der Waals surface area contributed by atoms with Crippen molar-refractivity contribution in [3.8, 4) is 0 Å². The number of rotatable bonds is 6. The highest BCUT2D eigenvalue weighted by Gasteiger charge is 2.30. The van der Waals surface area contributed by atoms with Crippen LogP contribution in [0.25, 0.3) is 0 Å². The number of hydrogen-bond donors (Lipinski definition) is 0. The van der Waals surface area contributed by atoms with Gasteiger partial charge in [-0.1, -0.05) is 6.92 Å². The van der Waals surface area contributed by atoms with E-state index in [0.29, 0.717) is 6.42 Å². The molecule has 0 fully saturated rings. The van der Waals surface area contributed by atoms with Gasteiger partial charge in [-0.05, 0) is 37.6 Å². The Hall–Kier alpha value is -2.05. The summed E-state index contributed by atoms with van der Waals surface area (Å²) >= 11 is 0. The van der Waals surface area contributed by atoms with Crippen LogP contribution in [0.5, 0.6) is 0 Å². The first kappa shape index (κ1) is 19.0. The van der Waals surface area contributed by atoms with Crippen LogP contribution in [0.3, 0.4) is 0 Å². The Morgan fingerprint density at radius 1 is 1.22 bits per heavy atom. The van der Waals surface area contributed by atoms with Gasteiger partial charge in [0, 0.05) is 18.2 Å². The molecule has 1 rings (SSSR count). The molecule has 4 nitrogen and oxygen atoms in total. The molecule has 128 valence electrons. The van der Waals surface area contributed by atoms with Crippen molar-refractivity contribution in [3.05, 3.63) is 35.4 Å². The Kier molecular flexibility index (Phi) is 6.60. The van der Waals surface area contributed by atoms with E-state index in [1.807, 2.05) is 13.8 Å². The number of ether oxygens (including phenoxy) is 1. The smallest absolute Gasteiger partial charge is 0.416 e. The molecule has 0 spiro atoms. The number of amides is 1. The van der Waals surface area contributed by atoms with Gasteiger partial charge < -0.3 is 9.64 Å². The number of halogens is 3. The number of esters is 1. The van der Waals surface area contributed by atoms with Crippen molar-refractivity contribution < 1.29 is 27.5 Å². The fraction of sp³-hybridized carbons (Fsp3) is 0.500. The molecule has 1 amide bonds. The lowest BCUT2D eigenvalue weighted by Crippen LogP contribution is -2.39. The molecule has 1 atom stereocenters. The van der Waals surface area contributed by atoms with Crippen molar-refractivity contribution in [2.24, 2.45) is 0 Å². The van der Waals surface area contributed by atoms with Crippen molar-refractivity contribution in [1.82, 2.24) is 4.90 Å². The van der Waals surface area contributed by atoms with E-state index in [0.717, 1.165) is 24.3 Å². The fourth-order valence-corrected chi connectivity index (χ4v) is 2.02. The largest absolute Gasteiger partial charge is 0.469 e. The van der Waals surface area contributed by atoms with E-state index in [1.54, 1.807) is 0 Å². The number of nitrogens with zero attached hydrogens (tertiary/aromatic N) is 1. The lowest BCUT2D eigenvalue weighted by molar-refractivity contribution is -0.141. The third-order valence-corrected chi connectivity index (χ3v) is 3.63. The van der Waals surface area contributed by atoms with E-state index in [4.69, 9.17) is 0 Å². The summed E-state index contributed by atoms with van der Waals surface area (Å²) in [5, 5.41) is 0. The van der Waals surface area contributed by atoms with Crippen LogP contribution in [0.1, 0.15) is 42.6 Å². The highest BCUT2D eigenvalue weighted by atomic mass is 19.4. The molecule has 7 heteroatoms. The quantitative estimate of drug-likeness (QED) is 0.750. The Balaban J connectivity index is 2.93. The third-order valence-electron chi connectivity index (χ3n) is 3.63. The number of benzene rings is 1. The van der Waals surface area contributed by atoms with E-state index >= 15 is 0 Å². The highest BCUT2D eigenvalue weighted by molar-refractivity contribution is 5.94. The summed E-state index contributed by atoms with van der Waals surface area (Å²) in [6.45, 7) is 3.86. The van der Waals surface area contributed by atoms with Gasteiger partial charge >= 0.3 is 12.1 Å². The first-order valence-electron chi connectivity index (χ1n) is 7.25. The zero-order valence-corrected chi connectivity index (χ0v) is 13.3. The Morgan fingerprint density at radius 2 is 1.78 bits per heavy atom. The Labute approximate surface area is 133 Å². The van der Waals surface area contributed by atoms with Gasteiger partial charge in [-0.2, -0.15) is 13.2 Å². The van der Waals surface area contributed by atoms with Gasteiger partial charge in [-0.25, -0.2) is 0 Å². The summed E-state index contributed by atoms with van der Waals surface area (Å²) in [5.41, 5.74) is -0.651. The summed E-state index contributed by atoms with van der Waals surface area (Å²) in [5.74, 6) is -0.851.